The molecule has 2 aliphatic rings. The molecule has 0 radical (unpaired) electrons. The van der Waals surface area contributed by atoms with Crippen molar-refractivity contribution < 1.29 is 130 Å². The third-order valence-corrected chi connectivity index (χ3v) is 14.5. The number of ether oxygens (including phenoxy) is 12. The van der Waals surface area contributed by atoms with Gasteiger partial charge in [-0.3, -0.25) is 28.5 Å². The highest BCUT2D eigenvalue weighted by Gasteiger charge is 2.42. The minimum absolute atomic E-state index is 0.0192. The number of carbonyl (C=O) groups excluding carboxylic acids is 4. The van der Waals surface area contributed by atoms with E-state index in [-0.39, 0.29) is 56.9 Å². The lowest BCUT2D eigenvalue weighted by Gasteiger charge is -2.21. The molecule has 0 aromatic rings. The molecule has 0 spiro atoms. The molecule has 0 aromatic heterocycles. The van der Waals surface area contributed by atoms with E-state index in [4.69, 9.17) is 67.1 Å². The van der Waals surface area contributed by atoms with Crippen LogP contribution < -0.4 is 31.7 Å². The van der Waals surface area contributed by atoms with Gasteiger partial charge in [-0.1, -0.05) is 6.42 Å². The summed E-state index contributed by atoms with van der Waals surface area (Å²) in [5, 5.41) is 51.9. The topological polar surface area (TPSA) is 447 Å². The zero-order valence-corrected chi connectivity index (χ0v) is 49.7. The van der Waals surface area contributed by atoms with Crippen molar-refractivity contribution in [3.05, 3.63) is 0 Å². The summed E-state index contributed by atoms with van der Waals surface area (Å²) in [5.41, 5.74) is 0. The van der Waals surface area contributed by atoms with Crippen molar-refractivity contribution in [2.45, 2.75) is 93.2 Å². The Balaban J connectivity index is 1.25. The summed E-state index contributed by atoms with van der Waals surface area (Å²) in [6.45, 7) is 8.04. The smallest absolute Gasteiger partial charge is 0.403 e. The van der Waals surface area contributed by atoms with Crippen LogP contribution in [0.2, 0.25) is 0 Å². The number of carboxylic acid groups (broad SMARTS) is 4. The van der Waals surface area contributed by atoms with Gasteiger partial charge < -0.3 is 109 Å². The third-order valence-electron chi connectivity index (χ3n) is 11.8. The first-order valence-electron chi connectivity index (χ1n) is 28.1. The van der Waals surface area contributed by atoms with E-state index in [9.17, 15) is 58.0 Å². The summed E-state index contributed by atoms with van der Waals surface area (Å²) in [7, 11) is -5.01. The molecule has 2 saturated heterocycles. The Labute approximate surface area is 497 Å². The molecule has 0 bridgehead atoms. The second kappa shape index (κ2) is 49.5. The fourth-order valence-corrected chi connectivity index (χ4v) is 10.1. The van der Waals surface area contributed by atoms with E-state index in [2.05, 4.69) is 25.8 Å². The number of hydrogen-bond acceptors (Lipinski definition) is 23. The third kappa shape index (κ3) is 42.1. The van der Waals surface area contributed by atoms with Crippen molar-refractivity contribution in [3.8, 4) is 0 Å². The minimum Gasteiger partial charge on any atom is -0.481 e. The van der Waals surface area contributed by atoms with Crippen LogP contribution in [0.3, 0.4) is 0 Å². The first kappa shape index (κ1) is 76.6. The Bertz CT molecular complexity index is 1940. The Morgan fingerprint density at radius 1 is 0.494 bits per heavy atom. The number of hydrogen-bond donors (Lipinski definition) is 11. The Morgan fingerprint density at radius 3 is 1.33 bits per heavy atom. The molecular formula is C50H89N6O27PS. The number of rotatable bonds is 60. The van der Waals surface area contributed by atoms with Gasteiger partial charge >= 0.3 is 37.7 Å². The zero-order valence-electron chi connectivity index (χ0n) is 48.0. The van der Waals surface area contributed by atoms with Crippen molar-refractivity contribution in [1.29, 1.82) is 0 Å². The van der Waals surface area contributed by atoms with Crippen LogP contribution in [0.4, 0.5) is 4.79 Å². The Hall–Kier alpha value is -4.46. The van der Waals surface area contributed by atoms with Gasteiger partial charge in [-0.05, 0) is 25.7 Å². The number of unbranched alkanes of at least 4 members (excludes halogenated alkanes) is 1. The van der Waals surface area contributed by atoms with Gasteiger partial charge in [0.15, 0.2) is 6.04 Å². The Morgan fingerprint density at radius 2 is 0.894 bits per heavy atom. The van der Waals surface area contributed by atoms with E-state index in [0.717, 1.165) is 25.0 Å². The molecule has 0 aromatic carbocycles. The van der Waals surface area contributed by atoms with Gasteiger partial charge in [-0.25, -0.2) is 24.0 Å². The van der Waals surface area contributed by atoms with Crippen molar-refractivity contribution in [2.75, 3.05) is 177 Å². The maximum absolute atomic E-state index is 12.4. The second-order valence-electron chi connectivity index (χ2n) is 18.5. The van der Waals surface area contributed by atoms with E-state index in [1.165, 1.54) is 0 Å². The number of nitrogens with one attached hydrogen (secondary N) is 6. The average Bonchev–Trinajstić information content (AvgIpc) is 2.95. The molecule has 492 valence electrons. The lowest BCUT2D eigenvalue weighted by Crippen LogP contribution is -2.46. The van der Waals surface area contributed by atoms with Gasteiger partial charge in [-0.15, -0.1) is 0 Å². The highest BCUT2D eigenvalue weighted by atomic mass is 32.2. The van der Waals surface area contributed by atoms with E-state index in [1.54, 1.807) is 5.09 Å². The van der Waals surface area contributed by atoms with Crippen LogP contribution in [0.1, 0.15) is 57.8 Å². The normalized spacial score (nSPS) is 17.2. The van der Waals surface area contributed by atoms with Gasteiger partial charge in [0.2, 0.25) is 17.7 Å². The van der Waals surface area contributed by atoms with Crippen molar-refractivity contribution in [1.82, 2.24) is 31.7 Å². The molecule has 2 rings (SSSR count). The number of amides is 5. The van der Waals surface area contributed by atoms with Crippen LogP contribution in [0.15, 0.2) is 0 Å². The lowest BCUT2D eigenvalue weighted by atomic mass is 10.0. The largest absolute Gasteiger partial charge is 0.481 e. The van der Waals surface area contributed by atoms with Crippen molar-refractivity contribution in [2.24, 2.45) is 0 Å². The SMILES string of the molecule is O=C(O)CCC(NP(=O)(O)OCC(NC(=O)CCC(NC(=O)CCOCCOCCOCCOCCOCCOCCOCCOCCOCCOCCOCCOCCNC(=O)CCCCC1SCC2NC(=O)NC21)C(=O)O)C(=O)O)C(=O)O. The summed E-state index contributed by atoms with van der Waals surface area (Å²) in [6, 6.07) is -4.96. The number of urea groups is 1. The quantitative estimate of drug-likeness (QED) is 0.0185. The van der Waals surface area contributed by atoms with Crippen LogP contribution >= 0.6 is 19.5 Å². The number of fused-ring (bicyclic) bond motifs is 1. The summed E-state index contributed by atoms with van der Waals surface area (Å²) >= 11 is 1.88. The molecule has 0 saturated carbocycles. The van der Waals surface area contributed by atoms with Gasteiger partial charge in [0.1, 0.15) is 12.1 Å². The molecule has 7 atom stereocenters. The Kier molecular flexibility index (Phi) is 44.6. The van der Waals surface area contributed by atoms with Crippen LogP contribution in [-0.2, 0) is 99.5 Å². The molecule has 2 fully saturated rings. The predicted molar refractivity (Wildman–Crippen MR) is 297 cm³/mol. The van der Waals surface area contributed by atoms with Gasteiger partial charge in [-0.2, -0.15) is 11.8 Å². The molecule has 5 amide bonds. The average molecular weight is 1270 g/mol. The molecule has 35 heteroatoms. The number of carboxylic acids is 4. The number of aliphatic carboxylic acids is 4. The minimum atomic E-state index is -5.01. The van der Waals surface area contributed by atoms with E-state index in [0.29, 0.717) is 150 Å². The maximum atomic E-state index is 12.4. The van der Waals surface area contributed by atoms with Gasteiger partial charge in [0, 0.05) is 43.2 Å². The summed E-state index contributed by atoms with van der Waals surface area (Å²) in [5.74, 6) is -7.03. The number of thioether (sulfide) groups is 1. The molecule has 33 nitrogen and oxygen atoms in total. The zero-order chi connectivity index (χ0) is 62.2. The summed E-state index contributed by atoms with van der Waals surface area (Å²) < 4.78 is 82.5. The van der Waals surface area contributed by atoms with Gasteiger partial charge in [0.05, 0.1) is 177 Å². The van der Waals surface area contributed by atoms with Crippen LogP contribution in [-0.4, -0.2) is 286 Å². The van der Waals surface area contributed by atoms with E-state index >= 15 is 0 Å². The lowest BCUT2D eigenvalue weighted by molar-refractivity contribution is -0.144. The standard InChI is InChI=1S/C50H89N6O27PS/c57-42(4-2-1-3-41-46-40(36-85-41)54-50(68)55-46)51-10-12-72-14-16-74-18-20-76-22-24-78-26-28-80-30-32-82-34-33-81-31-29-79-27-25-77-23-21-75-19-17-73-15-13-71-11-9-44(59)52-37(47(62)63)5-7-43(58)53-39(49(66)67)35-83-84(69,70)56-38(48(64)65)6-8-45(60)61/h37-41,46H,1-36H2,(H,51,57)(H,52,59)(H,53,58)(H,60,61)(H,62,63)(H,64,65)(H,66,67)(H2,54,55,68)(H2,56,69,70). The molecule has 2 heterocycles. The molecule has 2 aliphatic heterocycles. The van der Waals surface area contributed by atoms with Crippen LogP contribution in [0, 0.1) is 0 Å². The molecule has 11 N–H and O–H groups in total. The predicted octanol–water partition coefficient (Wildman–Crippen LogP) is -1.64. The fraction of sp³-hybridized carbons (Fsp3) is 0.840. The fourth-order valence-electron chi connectivity index (χ4n) is 7.47. The summed E-state index contributed by atoms with van der Waals surface area (Å²) in [6.07, 6.45) is 0.670. The highest BCUT2D eigenvalue weighted by Crippen LogP contribution is 2.38. The van der Waals surface area contributed by atoms with Crippen molar-refractivity contribution >= 4 is 67.1 Å². The van der Waals surface area contributed by atoms with E-state index < -0.39 is 93.9 Å². The second-order valence-corrected chi connectivity index (χ2v) is 21.4. The molecular weight excluding hydrogens is 1180 g/mol. The first-order chi connectivity index (χ1) is 41.0. The molecule has 7 unspecified atom stereocenters. The molecule has 0 aliphatic carbocycles. The molecule has 85 heavy (non-hydrogen) atoms. The first-order valence-corrected chi connectivity index (χ1v) is 30.7. The van der Waals surface area contributed by atoms with Gasteiger partial charge in [0.25, 0.3) is 0 Å². The summed E-state index contributed by atoms with van der Waals surface area (Å²) in [4.78, 5) is 103. The monoisotopic (exact) mass is 1270 g/mol. The van der Waals surface area contributed by atoms with E-state index in [1.807, 2.05) is 17.1 Å². The maximum Gasteiger partial charge on any atom is 0.403 e. The van der Waals surface area contributed by atoms with Crippen LogP contribution in [0.25, 0.3) is 0 Å². The number of carbonyl (C=O) groups is 8. The highest BCUT2D eigenvalue weighted by molar-refractivity contribution is 8.00. The van der Waals surface area contributed by atoms with Crippen molar-refractivity contribution in [3.63, 3.8) is 0 Å². The van der Waals surface area contributed by atoms with Crippen LogP contribution in [0.5, 0.6) is 0 Å².